The van der Waals surface area contributed by atoms with Gasteiger partial charge in [-0.05, 0) is 36.3 Å². The maximum absolute atomic E-state index is 4.66. The first-order chi connectivity index (χ1) is 7.67. The summed E-state index contributed by atoms with van der Waals surface area (Å²) in [5, 5.41) is 0. The molecule has 0 atom stereocenters. The number of rotatable bonds is 6. The van der Waals surface area contributed by atoms with Gasteiger partial charge in [0.1, 0.15) is 0 Å². The number of nitrogens with zero attached hydrogens (tertiary/aromatic N) is 1. The molecule has 1 heterocycles. The molecule has 1 rings (SSSR count). The van der Waals surface area contributed by atoms with E-state index in [0.29, 0.717) is 5.92 Å². The van der Waals surface area contributed by atoms with E-state index in [1.807, 2.05) is 0 Å². The smallest absolute Gasteiger partial charge is 0.0438 e. The van der Waals surface area contributed by atoms with Crippen molar-refractivity contribution in [1.82, 2.24) is 4.98 Å². The Hall–Kier alpha value is -0.850. The highest BCUT2D eigenvalue weighted by Crippen LogP contribution is 2.16. The van der Waals surface area contributed by atoms with Gasteiger partial charge in [-0.1, -0.05) is 46.6 Å². The average Bonchev–Trinajstić information content (AvgIpc) is 2.22. The van der Waals surface area contributed by atoms with Crippen molar-refractivity contribution >= 4 is 0 Å². The molecule has 90 valence electrons. The molecular weight excluding hydrogens is 194 g/mol. The van der Waals surface area contributed by atoms with Gasteiger partial charge in [-0.15, -0.1) is 0 Å². The standard InChI is InChI=1S/C15H25N/c1-5-7-13-10-14(8-6-2)15(16-11-13)9-12(3)4/h10-12H,5-9H2,1-4H3. The number of hydrogen-bond donors (Lipinski definition) is 0. The van der Waals surface area contributed by atoms with E-state index in [-0.39, 0.29) is 0 Å². The highest BCUT2D eigenvalue weighted by atomic mass is 14.7. The van der Waals surface area contributed by atoms with Crippen LogP contribution in [-0.2, 0) is 19.3 Å². The van der Waals surface area contributed by atoms with E-state index < -0.39 is 0 Å². The van der Waals surface area contributed by atoms with Crippen LogP contribution < -0.4 is 0 Å². The predicted octanol–water partition coefficient (Wildman–Crippen LogP) is 4.19. The van der Waals surface area contributed by atoms with Crippen LogP contribution in [-0.4, -0.2) is 4.98 Å². The fraction of sp³-hybridized carbons (Fsp3) is 0.667. The highest BCUT2D eigenvalue weighted by molar-refractivity contribution is 5.26. The lowest BCUT2D eigenvalue weighted by molar-refractivity contribution is 0.627. The van der Waals surface area contributed by atoms with Crippen molar-refractivity contribution in [3.63, 3.8) is 0 Å². The van der Waals surface area contributed by atoms with Crippen LogP contribution in [0.25, 0.3) is 0 Å². The van der Waals surface area contributed by atoms with E-state index in [1.165, 1.54) is 36.1 Å². The summed E-state index contributed by atoms with van der Waals surface area (Å²) in [7, 11) is 0. The predicted molar refractivity (Wildman–Crippen MR) is 70.8 cm³/mol. The maximum atomic E-state index is 4.66. The minimum absolute atomic E-state index is 0.695. The van der Waals surface area contributed by atoms with Crippen molar-refractivity contribution in [2.45, 2.75) is 59.8 Å². The van der Waals surface area contributed by atoms with Crippen molar-refractivity contribution in [2.75, 3.05) is 0 Å². The third-order valence-electron chi connectivity index (χ3n) is 2.78. The van der Waals surface area contributed by atoms with Crippen LogP contribution in [0.3, 0.4) is 0 Å². The van der Waals surface area contributed by atoms with Crippen molar-refractivity contribution < 1.29 is 0 Å². The minimum atomic E-state index is 0.695. The molecule has 0 amide bonds. The molecule has 16 heavy (non-hydrogen) atoms. The van der Waals surface area contributed by atoms with Gasteiger partial charge in [0.25, 0.3) is 0 Å². The van der Waals surface area contributed by atoms with Gasteiger partial charge >= 0.3 is 0 Å². The zero-order chi connectivity index (χ0) is 12.0. The van der Waals surface area contributed by atoms with Gasteiger partial charge in [0.05, 0.1) is 0 Å². The lowest BCUT2D eigenvalue weighted by Crippen LogP contribution is -2.04. The second kappa shape index (κ2) is 6.67. The first-order valence-corrected chi connectivity index (χ1v) is 6.64. The quantitative estimate of drug-likeness (QED) is 0.699. The average molecular weight is 219 g/mol. The Labute approximate surface area is 100 Å². The van der Waals surface area contributed by atoms with Crippen molar-refractivity contribution in [2.24, 2.45) is 5.92 Å². The third-order valence-corrected chi connectivity index (χ3v) is 2.78. The molecule has 0 aliphatic rings. The summed E-state index contributed by atoms with van der Waals surface area (Å²) in [5.74, 6) is 0.695. The van der Waals surface area contributed by atoms with Gasteiger partial charge in [0, 0.05) is 11.9 Å². The van der Waals surface area contributed by atoms with Crippen LogP contribution in [0.2, 0.25) is 0 Å². The van der Waals surface area contributed by atoms with Gasteiger partial charge in [-0.3, -0.25) is 4.98 Å². The Morgan fingerprint density at radius 2 is 1.81 bits per heavy atom. The van der Waals surface area contributed by atoms with E-state index in [1.54, 1.807) is 0 Å². The van der Waals surface area contributed by atoms with Gasteiger partial charge in [0.15, 0.2) is 0 Å². The molecular formula is C15H25N. The highest BCUT2D eigenvalue weighted by Gasteiger charge is 2.07. The van der Waals surface area contributed by atoms with Gasteiger partial charge in [-0.2, -0.15) is 0 Å². The molecule has 1 heteroatoms. The Kier molecular flexibility index (Phi) is 5.51. The molecule has 0 bridgehead atoms. The van der Waals surface area contributed by atoms with Crippen molar-refractivity contribution in [3.05, 3.63) is 29.1 Å². The fourth-order valence-corrected chi connectivity index (χ4v) is 2.07. The van der Waals surface area contributed by atoms with Gasteiger partial charge < -0.3 is 0 Å². The van der Waals surface area contributed by atoms with E-state index in [2.05, 4.69) is 44.9 Å². The van der Waals surface area contributed by atoms with Gasteiger partial charge in [0.2, 0.25) is 0 Å². The molecule has 1 aromatic heterocycles. The molecule has 0 radical (unpaired) electrons. The monoisotopic (exact) mass is 219 g/mol. The molecule has 0 unspecified atom stereocenters. The summed E-state index contributed by atoms with van der Waals surface area (Å²) >= 11 is 0. The lowest BCUT2D eigenvalue weighted by Gasteiger charge is -2.11. The Morgan fingerprint density at radius 3 is 2.38 bits per heavy atom. The van der Waals surface area contributed by atoms with Crippen molar-refractivity contribution in [1.29, 1.82) is 0 Å². The minimum Gasteiger partial charge on any atom is -0.261 e. The van der Waals surface area contributed by atoms with E-state index >= 15 is 0 Å². The molecule has 0 fully saturated rings. The summed E-state index contributed by atoms with van der Waals surface area (Å²) < 4.78 is 0. The topological polar surface area (TPSA) is 12.9 Å². The molecule has 1 nitrogen and oxygen atoms in total. The summed E-state index contributed by atoms with van der Waals surface area (Å²) in [6.07, 6.45) is 7.93. The maximum Gasteiger partial charge on any atom is 0.0438 e. The zero-order valence-corrected chi connectivity index (χ0v) is 11.2. The van der Waals surface area contributed by atoms with E-state index in [4.69, 9.17) is 0 Å². The number of pyridine rings is 1. The molecule has 0 spiro atoms. The van der Waals surface area contributed by atoms with E-state index in [0.717, 1.165) is 12.8 Å². The lowest BCUT2D eigenvalue weighted by atomic mass is 9.98. The molecule has 0 saturated heterocycles. The summed E-state index contributed by atoms with van der Waals surface area (Å²) in [6, 6.07) is 2.37. The van der Waals surface area contributed by atoms with Gasteiger partial charge in [-0.25, -0.2) is 0 Å². The molecule has 0 aromatic carbocycles. The molecule has 0 saturated carbocycles. The summed E-state index contributed by atoms with van der Waals surface area (Å²) in [5.41, 5.74) is 4.19. The Morgan fingerprint density at radius 1 is 1.12 bits per heavy atom. The van der Waals surface area contributed by atoms with Crippen LogP contribution in [0.1, 0.15) is 57.4 Å². The second-order valence-electron chi connectivity index (χ2n) is 5.05. The molecule has 0 aliphatic heterocycles. The molecule has 0 N–H and O–H groups in total. The third kappa shape index (κ3) is 3.96. The van der Waals surface area contributed by atoms with Crippen LogP contribution >= 0.6 is 0 Å². The first-order valence-electron chi connectivity index (χ1n) is 6.64. The fourth-order valence-electron chi connectivity index (χ4n) is 2.07. The van der Waals surface area contributed by atoms with Crippen LogP contribution in [0.4, 0.5) is 0 Å². The second-order valence-corrected chi connectivity index (χ2v) is 5.05. The Balaban J connectivity index is 2.89. The number of hydrogen-bond acceptors (Lipinski definition) is 1. The van der Waals surface area contributed by atoms with Crippen molar-refractivity contribution in [3.8, 4) is 0 Å². The summed E-state index contributed by atoms with van der Waals surface area (Å²) in [4.78, 5) is 4.66. The SMILES string of the molecule is CCCc1cnc(CC(C)C)c(CCC)c1. The number of aryl methyl sites for hydroxylation is 2. The molecule has 0 aliphatic carbocycles. The normalized spacial score (nSPS) is 11.1. The number of aromatic nitrogens is 1. The molecule has 1 aromatic rings. The van der Waals surface area contributed by atoms with Crippen LogP contribution in [0.15, 0.2) is 12.3 Å². The van der Waals surface area contributed by atoms with Crippen LogP contribution in [0, 0.1) is 5.92 Å². The largest absolute Gasteiger partial charge is 0.261 e. The Bertz CT molecular complexity index is 315. The zero-order valence-electron chi connectivity index (χ0n) is 11.2. The summed E-state index contributed by atoms with van der Waals surface area (Å²) in [6.45, 7) is 8.99. The first kappa shape index (κ1) is 13.2. The van der Waals surface area contributed by atoms with Crippen LogP contribution in [0.5, 0.6) is 0 Å². The van der Waals surface area contributed by atoms with E-state index in [9.17, 15) is 0 Å².